The van der Waals surface area contributed by atoms with Crippen LogP contribution in [0.15, 0.2) is 12.3 Å². The number of nitrogens with one attached hydrogen (secondary N) is 2. The molecule has 1 aromatic rings. The number of anilines is 1. The third kappa shape index (κ3) is 4.83. The van der Waals surface area contributed by atoms with Crippen molar-refractivity contribution in [3.63, 3.8) is 0 Å². The minimum absolute atomic E-state index is 0. The fraction of sp³-hybridized carbons (Fsp3) is 0.733. The van der Waals surface area contributed by atoms with Crippen LogP contribution in [-0.4, -0.2) is 54.3 Å². The van der Waals surface area contributed by atoms with Gasteiger partial charge in [-0.2, -0.15) is 5.10 Å². The summed E-state index contributed by atoms with van der Waals surface area (Å²) in [4.78, 5) is 14.5. The summed E-state index contributed by atoms with van der Waals surface area (Å²) in [6.45, 7) is 3.86. The fourth-order valence-corrected chi connectivity index (χ4v) is 3.26. The molecular weight excluding hydrogens is 337 g/mol. The second-order valence-corrected chi connectivity index (χ2v) is 6.63. The van der Waals surface area contributed by atoms with Gasteiger partial charge in [0, 0.05) is 24.7 Å². The predicted molar refractivity (Wildman–Crippen MR) is 96.6 cm³/mol. The Labute approximate surface area is 150 Å². The minimum Gasteiger partial charge on any atom is -0.317 e. The van der Waals surface area contributed by atoms with Crippen molar-refractivity contribution in [2.24, 2.45) is 11.3 Å². The number of rotatable bonds is 5. The Balaban J connectivity index is 0.00000132. The summed E-state index contributed by atoms with van der Waals surface area (Å²) in [7, 11) is 4.08. The van der Waals surface area contributed by atoms with Crippen molar-refractivity contribution in [3.05, 3.63) is 12.3 Å². The van der Waals surface area contributed by atoms with Crippen molar-refractivity contribution in [2.75, 3.05) is 39.0 Å². The van der Waals surface area contributed by atoms with E-state index in [2.05, 4.69) is 20.6 Å². The van der Waals surface area contributed by atoms with Gasteiger partial charge in [0.15, 0.2) is 5.82 Å². The summed E-state index contributed by atoms with van der Waals surface area (Å²) in [5.41, 5.74) is 0.281. The molecule has 1 saturated heterocycles. The van der Waals surface area contributed by atoms with E-state index in [1.54, 1.807) is 0 Å². The fourth-order valence-electron chi connectivity index (χ4n) is 3.26. The first-order valence-corrected chi connectivity index (χ1v) is 7.79. The first kappa shape index (κ1) is 20.2. The van der Waals surface area contributed by atoms with Gasteiger partial charge in [0.05, 0.1) is 6.54 Å². The topological polar surface area (TPSA) is 62.2 Å². The smallest absolute Gasteiger partial charge is 0.229 e. The Kier molecular flexibility index (Phi) is 7.32. The van der Waals surface area contributed by atoms with E-state index < -0.39 is 0 Å². The van der Waals surface area contributed by atoms with Gasteiger partial charge in [0.1, 0.15) is 0 Å². The largest absolute Gasteiger partial charge is 0.317 e. The molecule has 2 aliphatic rings. The predicted octanol–water partition coefficient (Wildman–Crippen LogP) is 1.62. The molecule has 23 heavy (non-hydrogen) atoms. The summed E-state index contributed by atoms with van der Waals surface area (Å²) in [6, 6.07) is 1.88. The number of aromatic nitrogens is 2. The van der Waals surface area contributed by atoms with Crippen LogP contribution >= 0.6 is 24.8 Å². The Morgan fingerprint density at radius 3 is 2.78 bits per heavy atom. The lowest BCUT2D eigenvalue weighted by atomic mass is 9.92. The van der Waals surface area contributed by atoms with Crippen LogP contribution in [0.3, 0.4) is 0 Å². The van der Waals surface area contributed by atoms with E-state index in [9.17, 15) is 4.79 Å². The first-order valence-electron chi connectivity index (χ1n) is 7.79. The number of amides is 1. The molecule has 1 spiro atoms. The molecule has 3 rings (SSSR count). The molecule has 2 heterocycles. The summed E-state index contributed by atoms with van der Waals surface area (Å²) < 4.78 is 1.88. The van der Waals surface area contributed by atoms with Crippen molar-refractivity contribution < 1.29 is 4.79 Å². The normalized spacial score (nSPS) is 21.4. The molecule has 6 nitrogen and oxygen atoms in total. The third-order valence-corrected chi connectivity index (χ3v) is 4.77. The van der Waals surface area contributed by atoms with Crippen LogP contribution in [0, 0.1) is 11.3 Å². The molecule has 1 aliphatic heterocycles. The highest BCUT2D eigenvalue weighted by molar-refractivity contribution is 5.94. The number of carbonyl (C=O) groups excluding carboxylic acids is 1. The monoisotopic (exact) mass is 363 g/mol. The van der Waals surface area contributed by atoms with Gasteiger partial charge in [0.25, 0.3) is 0 Å². The second kappa shape index (κ2) is 8.33. The Morgan fingerprint density at radius 1 is 1.43 bits per heavy atom. The maximum atomic E-state index is 12.3. The summed E-state index contributed by atoms with van der Waals surface area (Å²) in [5, 5.41) is 10.8. The zero-order valence-corrected chi connectivity index (χ0v) is 15.4. The van der Waals surface area contributed by atoms with Gasteiger partial charge in [0.2, 0.25) is 5.91 Å². The van der Waals surface area contributed by atoms with Crippen LogP contribution in [0.2, 0.25) is 0 Å². The molecule has 2 N–H and O–H groups in total. The van der Waals surface area contributed by atoms with Crippen LogP contribution in [0.1, 0.15) is 19.3 Å². The SMILES string of the molecule is CN(C)CCn1ccc(NC(=O)C2CC23CCNCC3)n1.Cl.Cl. The number of hydrogen-bond donors (Lipinski definition) is 2. The molecule has 0 aromatic carbocycles. The van der Waals surface area contributed by atoms with Crippen molar-refractivity contribution in [1.29, 1.82) is 0 Å². The van der Waals surface area contributed by atoms with Crippen LogP contribution in [0.25, 0.3) is 0 Å². The maximum absolute atomic E-state index is 12.3. The van der Waals surface area contributed by atoms with Gasteiger partial charge in [-0.1, -0.05) is 0 Å². The van der Waals surface area contributed by atoms with Gasteiger partial charge >= 0.3 is 0 Å². The number of nitrogens with zero attached hydrogens (tertiary/aromatic N) is 3. The number of halogens is 2. The average Bonchev–Trinajstić information content (AvgIpc) is 2.95. The van der Waals surface area contributed by atoms with Crippen LogP contribution < -0.4 is 10.6 Å². The highest BCUT2D eigenvalue weighted by Gasteiger charge is 2.57. The lowest BCUT2D eigenvalue weighted by Crippen LogP contribution is -2.31. The van der Waals surface area contributed by atoms with E-state index in [4.69, 9.17) is 0 Å². The van der Waals surface area contributed by atoms with E-state index in [-0.39, 0.29) is 42.1 Å². The molecule has 8 heteroatoms. The first-order chi connectivity index (χ1) is 10.1. The highest BCUT2D eigenvalue weighted by atomic mass is 35.5. The molecule has 1 amide bonds. The molecule has 1 atom stereocenters. The van der Waals surface area contributed by atoms with Crippen molar-refractivity contribution in [2.45, 2.75) is 25.8 Å². The Bertz CT molecular complexity index is 514. The van der Waals surface area contributed by atoms with E-state index in [1.807, 2.05) is 31.0 Å². The standard InChI is InChI=1S/C15H25N5O.2ClH/c1-19(2)9-10-20-8-3-13(18-20)17-14(21)12-11-15(12)4-6-16-7-5-15;;/h3,8,12,16H,4-7,9-11H2,1-2H3,(H,17,18,21);2*1H. The van der Waals surface area contributed by atoms with Crippen LogP contribution in [-0.2, 0) is 11.3 Å². The Hall–Kier alpha value is -0.820. The van der Waals surface area contributed by atoms with Gasteiger partial charge in [-0.15, -0.1) is 24.8 Å². The van der Waals surface area contributed by atoms with Crippen molar-refractivity contribution in [1.82, 2.24) is 20.0 Å². The lowest BCUT2D eigenvalue weighted by Gasteiger charge is -2.23. The van der Waals surface area contributed by atoms with E-state index in [0.717, 1.165) is 45.4 Å². The lowest BCUT2D eigenvalue weighted by molar-refractivity contribution is -0.118. The Morgan fingerprint density at radius 2 is 2.13 bits per heavy atom. The van der Waals surface area contributed by atoms with Crippen LogP contribution in [0.5, 0.6) is 0 Å². The highest BCUT2D eigenvalue weighted by Crippen LogP contribution is 2.58. The third-order valence-electron chi connectivity index (χ3n) is 4.77. The molecule has 1 aliphatic carbocycles. The number of hydrogen-bond acceptors (Lipinski definition) is 4. The summed E-state index contributed by atoms with van der Waals surface area (Å²) in [5.74, 6) is 1.01. The average molecular weight is 364 g/mol. The second-order valence-electron chi connectivity index (χ2n) is 6.63. The quantitative estimate of drug-likeness (QED) is 0.834. The van der Waals surface area contributed by atoms with E-state index >= 15 is 0 Å². The molecule has 0 radical (unpaired) electrons. The maximum Gasteiger partial charge on any atom is 0.229 e. The molecule has 132 valence electrons. The van der Waals surface area contributed by atoms with E-state index in [1.165, 1.54) is 0 Å². The molecule has 1 saturated carbocycles. The van der Waals surface area contributed by atoms with Crippen molar-refractivity contribution >= 4 is 36.5 Å². The molecular formula is C15H27Cl2N5O. The summed E-state index contributed by atoms with van der Waals surface area (Å²) in [6.07, 6.45) is 5.22. The van der Waals surface area contributed by atoms with Crippen molar-refractivity contribution in [3.8, 4) is 0 Å². The van der Waals surface area contributed by atoms with Gasteiger partial charge in [-0.25, -0.2) is 0 Å². The number of piperidine rings is 1. The van der Waals surface area contributed by atoms with Gasteiger partial charge in [-0.05, 0) is 51.9 Å². The van der Waals surface area contributed by atoms with Gasteiger partial charge in [-0.3, -0.25) is 9.48 Å². The van der Waals surface area contributed by atoms with E-state index in [0.29, 0.717) is 5.82 Å². The molecule has 0 bridgehead atoms. The molecule has 1 aromatic heterocycles. The zero-order chi connectivity index (χ0) is 14.9. The summed E-state index contributed by atoms with van der Waals surface area (Å²) >= 11 is 0. The minimum atomic E-state index is 0. The molecule has 2 fully saturated rings. The van der Waals surface area contributed by atoms with Crippen LogP contribution in [0.4, 0.5) is 5.82 Å². The molecule has 1 unspecified atom stereocenters. The zero-order valence-electron chi connectivity index (χ0n) is 13.7. The van der Waals surface area contributed by atoms with Gasteiger partial charge < -0.3 is 15.5 Å². The number of likely N-dealkylation sites (N-methyl/N-ethyl adjacent to an activating group) is 1. The number of carbonyl (C=O) groups is 1.